The van der Waals surface area contributed by atoms with Gasteiger partial charge in [0.2, 0.25) is 0 Å². The first kappa shape index (κ1) is 15.4. The molecule has 2 nitrogen and oxygen atoms in total. The molecule has 2 rings (SSSR count). The molecule has 0 aliphatic rings. The fourth-order valence-electron chi connectivity index (χ4n) is 2.31. The third kappa shape index (κ3) is 4.25. The largest absolute Gasteiger partial charge is 0.494 e. The van der Waals surface area contributed by atoms with Gasteiger partial charge in [0.25, 0.3) is 0 Å². The molecule has 0 saturated carbocycles. The summed E-state index contributed by atoms with van der Waals surface area (Å²) < 4.78 is 5.51. The number of ether oxygens (including phenoxy) is 1. The second-order valence-electron chi connectivity index (χ2n) is 5.66. The van der Waals surface area contributed by atoms with Gasteiger partial charge in [-0.25, -0.2) is 0 Å². The van der Waals surface area contributed by atoms with Gasteiger partial charge in [0.15, 0.2) is 0 Å². The first-order valence-corrected chi connectivity index (χ1v) is 7.66. The number of aryl methyl sites for hydroxylation is 1. The Bertz CT molecular complexity index is 573. The zero-order valence-corrected chi connectivity index (χ0v) is 13.4. The van der Waals surface area contributed by atoms with Crippen molar-refractivity contribution < 1.29 is 4.74 Å². The Kier molecular flexibility index (Phi) is 5.26. The molecule has 112 valence electrons. The minimum atomic E-state index is 0.584. The fourth-order valence-corrected chi connectivity index (χ4v) is 2.31. The number of hydrogen-bond acceptors (Lipinski definition) is 2. The lowest BCUT2D eigenvalue weighted by molar-refractivity contribution is 0.340. The van der Waals surface area contributed by atoms with Gasteiger partial charge in [0.05, 0.1) is 6.61 Å². The first-order valence-electron chi connectivity index (χ1n) is 7.66. The quantitative estimate of drug-likeness (QED) is 0.793. The van der Waals surface area contributed by atoms with Crippen LogP contribution < -0.4 is 10.1 Å². The molecule has 0 heterocycles. The van der Waals surface area contributed by atoms with E-state index in [2.05, 4.69) is 62.5 Å². The zero-order chi connectivity index (χ0) is 15.2. The summed E-state index contributed by atoms with van der Waals surface area (Å²) in [6.45, 7) is 10.1. The Morgan fingerprint density at radius 3 is 2.33 bits per heavy atom. The maximum absolute atomic E-state index is 5.51. The van der Waals surface area contributed by atoms with E-state index in [0.717, 1.165) is 18.0 Å². The molecule has 0 aliphatic heterocycles. The number of hydrogen-bond donors (Lipinski definition) is 1. The third-order valence-electron chi connectivity index (χ3n) is 3.64. The van der Waals surface area contributed by atoms with Gasteiger partial charge in [-0.2, -0.15) is 0 Å². The van der Waals surface area contributed by atoms with Crippen molar-refractivity contribution >= 4 is 5.69 Å². The van der Waals surface area contributed by atoms with Crippen LogP contribution >= 0.6 is 0 Å². The molecular weight excluding hydrogens is 258 g/mol. The van der Waals surface area contributed by atoms with Gasteiger partial charge in [0, 0.05) is 12.2 Å². The highest BCUT2D eigenvalue weighted by atomic mass is 16.5. The van der Waals surface area contributed by atoms with E-state index in [1.807, 2.05) is 13.0 Å². The average Bonchev–Trinajstić information content (AvgIpc) is 2.47. The normalized spacial score (nSPS) is 10.7. The molecule has 0 saturated heterocycles. The van der Waals surface area contributed by atoms with Crippen molar-refractivity contribution in [3.8, 4) is 5.75 Å². The molecule has 0 unspecified atom stereocenters. The minimum Gasteiger partial charge on any atom is -0.494 e. The topological polar surface area (TPSA) is 21.3 Å². The SMILES string of the molecule is CCOc1ccc(NCc2ccc(C(C)C)cc2)c(C)c1. The molecule has 2 aromatic rings. The zero-order valence-electron chi connectivity index (χ0n) is 13.4. The van der Waals surface area contributed by atoms with Gasteiger partial charge in [0.1, 0.15) is 5.75 Å². The number of benzene rings is 2. The summed E-state index contributed by atoms with van der Waals surface area (Å²) >= 11 is 0. The van der Waals surface area contributed by atoms with E-state index in [0.29, 0.717) is 12.5 Å². The van der Waals surface area contributed by atoms with Crippen LogP contribution in [-0.4, -0.2) is 6.61 Å². The molecule has 21 heavy (non-hydrogen) atoms. The molecule has 0 bridgehead atoms. The van der Waals surface area contributed by atoms with Gasteiger partial charge in [-0.1, -0.05) is 38.1 Å². The lowest BCUT2D eigenvalue weighted by Crippen LogP contribution is -2.02. The Hall–Kier alpha value is -1.96. The van der Waals surface area contributed by atoms with Crippen LogP contribution in [0.1, 0.15) is 43.4 Å². The second-order valence-corrected chi connectivity index (χ2v) is 5.66. The molecule has 0 spiro atoms. The van der Waals surface area contributed by atoms with E-state index >= 15 is 0 Å². The van der Waals surface area contributed by atoms with Gasteiger partial charge in [-0.3, -0.25) is 0 Å². The van der Waals surface area contributed by atoms with Crippen LogP contribution in [0.3, 0.4) is 0 Å². The molecule has 2 heteroatoms. The molecule has 0 atom stereocenters. The van der Waals surface area contributed by atoms with Crippen LogP contribution in [0.2, 0.25) is 0 Å². The van der Waals surface area contributed by atoms with Crippen LogP contribution in [0, 0.1) is 6.92 Å². The van der Waals surface area contributed by atoms with E-state index in [-0.39, 0.29) is 0 Å². The predicted molar refractivity (Wildman–Crippen MR) is 90.2 cm³/mol. The van der Waals surface area contributed by atoms with E-state index in [4.69, 9.17) is 4.74 Å². The molecule has 1 N–H and O–H groups in total. The lowest BCUT2D eigenvalue weighted by atomic mass is 10.0. The van der Waals surface area contributed by atoms with Crippen molar-refractivity contribution in [2.24, 2.45) is 0 Å². The van der Waals surface area contributed by atoms with Crippen LogP contribution in [0.25, 0.3) is 0 Å². The summed E-state index contributed by atoms with van der Waals surface area (Å²) in [5.41, 5.74) is 5.05. The number of nitrogens with one attached hydrogen (secondary N) is 1. The minimum absolute atomic E-state index is 0.584. The Morgan fingerprint density at radius 2 is 1.76 bits per heavy atom. The third-order valence-corrected chi connectivity index (χ3v) is 3.64. The van der Waals surface area contributed by atoms with Crippen LogP contribution in [0.4, 0.5) is 5.69 Å². The van der Waals surface area contributed by atoms with Crippen LogP contribution in [-0.2, 0) is 6.54 Å². The van der Waals surface area contributed by atoms with Crippen LogP contribution in [0.15, 0.2) is 42.5 Å². The summed E-state index contributed by atoms with van der Waals surface area (Å²) in [4.78, 5) is 0. The van der Waals surface area contributed by atoms with E-state index in [1.165, 1.54) is 16.7 Å². The molecule has 0 aromatic heterocycles. The van der Waals surface area contributed by atoms with Crippen molar-refractivity contribution in [3.05, 3.63) is 59.2 Å². The highest BCUT2D eigenvalue weighted by Crippen LogP contribution is 2.22. The fraction of sp³-hybridized carbons (Fsp3) is 0.368. The predicted octanol–water partition coefficient (Wildman–Crippen LogP) is 5.13. The average molecular weight is 283 g/mol. The smallest absolute Gasteiger partial charge is 0.119 e. The van der Waals surface area contributed by atoms with Gasteiger partial charge in [-0.05, 0) is 54.7 Å². The highest BCUT2D eigenvalue weighted by molar-refractivity contribution is 5.53. The van der Waals surface area contributed by atoms with Crippen molar-refractivity contribution in [1.29, 1.82) is 0 Å². The molecule has 0 aliphatic carbocycles. The van der Waals surface area contributed by atoms with Crippen molar-refractivity contribution in [2.45, 2.75) is 40.2 Å². The van der Waals surface area contributed by atoms with Gasteiger partial charge in [-0.15, -0.1) is 0 Å². The summed E-state index contributed by atoms with van der Waals surface area (Å²) in [6, 6.07) is 15.0. The Balaban J connectivity index is 1.99. The van der Waals surface area contributed by atoms with E-state index in [9.17, 15) is 0 Å². The van der Waals surface area contributed by atoms with E-state index < -0.39 is 0 Å². The molecule has 2 aromatic carbocycles. The van der Waals surface area contributed by atoms with Crippen molar-refractivity contribution in [1.82, 2.24) is 0 Å². The summed E-state index contributed by atoms with van der Waals surface area (Å²) in [6.07, 6.45) is 0. The van der Waals surface area contributed by atoms with Gasteiger partial charge >= 0.3 is 0 Å². The number of rotatable bonds is 6. The highest BCUT2D eigenvalue weighted by Gasteiger charge is 2.02. The summed E-state index contributed by atoms with van der Waals surface area (Å²) in [5, 5.41) is 3.49. The standard InChI is InChI=1S/C19H25NO/c1-5-21-18-10-11-19(15(4)12-18)20-13-16-6-8-17(9-7-16)14(2)3/h6-12,14,20H,5,13H2,1-4H3. The Morgan fingerprint density at radius 1 is 1.05 bits per heavy atom. The second kappa shape index (κ2) is 7.16. The number of anilines is 1. The summed E-state index contributed by atoms with van der Waals surface area (Å²) in [5.74, 6) is 1.52. The maximum atomic E-state index is 5.51. The molecule has 0 radical (unpaired) electrons. The lowest BCUT2D eigenvalue weighted by Gasteiger charge is -2.12. The maximum Gasteiger partial charge on any atom is 0.119 e. The Labute approximate surface area is 128 Å². The van der Waals surface area contributed by atoms with Crippen molar-refractivity contribution in [2.75, 3.05) is 11.9 Å². The summed E-state index contributed by atoms with van der Waals surface area (Å²) in [7, 11) is 0. The monoisotopic (exact) mass is 283 g/mol. The molecule has 0 amide bonds. The van der Waals surface area contributed by atoms with Crippen LogP contribution in [0.5, 0.6) is 5.75 Å². The first-order chi connectivity index (χ1) is 10.1. The molecular formula is C19H25NO. The van der Waals surface area contributed by atoms with Crippen molar-refractivity contribution in [3.63, 3.8) is 0 Å². The van der Waals surface area contributed by atoms with Gasteiger partial charge < -0.3 is 10.1 Å². The van der Waals surface area contributed by atoms with E-state index in [1.54, 1.807) is 0 Å². The molecule has 0 fully saturated rings.